The van der Waals surface area contributed by atoms with Gasteiger partial charge in [-0.15, -0.1) is 11.3 Å². The van der Waals surface area contributed by atoms with Crippen molar-refractivity contribution in [2.24, 2.45) is 0 Å². The van der Waals surface area contributed by atoms with Gasteiger partial charge < -0.3 is 10.2 Å². The zero-order valence-corrected chi connectivity index (χ0v) is 13.1. The second kappa shape index (κ2) is 6.14. The predicted octanol–water partition coefficient (Wildman–Crippen LogP) is 1.77. The van der Waals surface area contributed by atoms with E-state index in [2.05, 4.69) is 26.1 Å². The van der Waals surface area contributed by atoms with Gasteiger partial charge in [0.05, 0.1) is 11.0 Å². The average molecular weight is 332 g/mol. The molecule has 0 aliphatic carbocycles. The molecule has 6 heteroatoms. The lowest BCUT2D eigenvalue weighted by molar-refractivity contribution is -0.123. The van der Waals surface area contributed by atoms with Gasteiger partial charge in [-0.05, 0) is 28.9 Å². The van der Waals surface area contributed by atoms with Crippen molar-refractivity contribution in [1.29, 1.82) is 0 Å². The largest absolute Gasteiger partial charge is 0.314 e. The van der Waals surface area contributed by atoms with Gasteiger partial charge in [0.1, 0.15) is 0 Å². The van der Waals surface area contributed by atoms with Crippen molar-refractivity contribution < 1.29 is 4.79 Å². The lowest BCUT2D eigenvalue weighted by Gasteiger charge is -2.33. The fourth-order valence-corrected chi connectivity index (χ4v) is 3.49. The first-order valence-corrected chi connectivity index (χ1v) is 7.73. The topological polar surface area (TPSA) is 35.6 Å². The maximum absolute atomic E-state index is 12.4. The number of amides is 1. The van der Waals surface area contributed by atoms with E-state index in [4.69, 9.17) is 0 Å². The molecular weight excluding hydrogens is 314 g/mol. The van der Waals surface area contributed by atoms with Crippen molar-refractivity contribution in [3.63, 3.8) is 0 Å². The molecule has 100 valence electrons. The molecule has 0 bridgehead atoms. The highest BCUT2D eigenvalue weighted by molar-refractivity contribution is 9.10. The van der Waals surface area contributed by atoms with Crippen LogP contribution in [-0.4, -0.2) is 50.1 Å². The van der Waals surface area contributed by atoms with E-state index in [1.165, 1.54) is 0 Å². The molecule has 1 aromatic heterocycles. The van der Waals surface area contributed by atoms with Gasteiger partial charge in [0.15, 0.2) is 0 Å². The number of nitrogens with zero attached hydrogens (tertiary/aromatic N) is 2. The summed E-state index contributed by atoms with van der Waals surface area (Å²) in [4.78, 5) is 16.4. The van der Waals surface area contributed by atoms with E-state index in [9.17, 15) is 4.79 Å². The Kier molecular flexibility index (Phi) is 4.77. The number of thiophene rings is 1. The van der Waals surface area contributed by atoms with Gasteiger partial charge in [-0.1, -0.05) is 0 Å². The Hall–Kier alpha value is -0.430. The zero-order chi connectivity index (χ0) is 13.1. The fraction of sp³-hybridized carbons (Fsp3) is 0.583. The molecule has 4 nitrogen and oxygen atoms in total. The van der Waals surface area contributed by atoms with Gasteiger partial charge in [0.25, 0.3) is 0 Å². The molecule has 1 fully saturated rings. The van der Waals surface area contributed by atoms with E-state index in [-0.39, 0.29) is 11.9 Å². The van der Waals surface area contributed by atoms with Crippen molar-refractivity contribution in [2.45, 2.75) is 13.0 Å². The molecule has 1 aliphatic rings. The summed E-state index contributed by atoms with van der Waals surface area (Å²) in [5, 5.41) is 6.28. The molecule has 1 N–H and O–H groups in total. The summed E-state index contributed by atoms with van der Waals surface area (Å²) in [6, 6.07) is 1.92. The highest BCUT2D eigenvalue weighted by Gasteiger charge is 2.26. The molecule has 0 aromatic carbocycles. The summed E-state index contributed by atoms with van der Waals surface area (Å²) >= 11 is 4.99. The molecule has 1 aromatic rings. The normalized spacial score (nSPS) is 18.6. The molecule has 1 saturated heterocycles. The molecule has 0 radical (unpaired) electrons. The Labute approximate surface area is 120 Å². The molecule has 2 rings (SSSR count). The number of carbonyl (C=O) groups excluding carboxylic acids is 1. The first kappa shape index (κ1) is 14.0. The van der Waals surface area contributed by atoms with Crippen LogP contribution < -0.4 is 10.2 Å². The van der Waals surface area contributed by atoms with Crippen LogP contribution in [0.4, 0.5) is 5.00 Å². The van der Waals surface area contributed by atoms with E-state index in [1.54, 1.807) is 16.2 Å². The number of carbonyl (C=O) groups is 1. The quantitative estimate of drug-likeness (QED) is 0.916. The van der Waals surface area contributed by atoms with E-state index in [0.717, 1.165) is 35.7 Å². The van der Waals surface area contributed by atoms with Crippen LogP contribution in [0.3, 0.4) is 0 Å². The number of halogens is 1. The number of hydrogen-bond acceptors (Lipinski definition) is 4. The summed E-state index contributed by atoms with van der Waals surface area (Å²) in [6.45, 7) is 5.80. The van der Waals surface area contributed by atoms with Crippen molar-refractivity contribution in [2.75, 3.05) is 38.1 Å². The minimum Gasteiger partial charge on any atom is -0.314 e. The Bertz CT molecular complexity index is 417. The van der Waals surface area contributed by atoms with Crippen LogP contribution in [0.2, 0.25) is 0 Å². The number of hydrogen-bond donors (Lipinski definition) is 1. The zero-order valence-electron chi connectivity index (χ0n) is 10.6. The molecule has 1 atom stereocenters. The molecule has 1 amide bonds. The van der Waals surface area contributed by atoms with E-state index >= 15 is 0 Å². The number of piperazine rings is 1. The lowest BCUT2D eigenvalue weighted by atomic mass is 10.2. The summed E-state index contributed by atoms with van der Waals surface area (Å²) in [5.74, 6) is 0.159. The van der Waals surface area contributed by atoms with Crippen molar-refractivity contribution in [3.05, 3.63) is 15.9 Å². The Morgan fingerprint density at radius 3 is 2.78 bits per heavy atom. The number of anilines is 1. The Balaban J connectivity index is 2.01. The van der Waals surface area contributed by atoms with Gasteiger partial charge in [-0.3, -0.25) is 9.69 Å². The van der Waals surface area contributed by atoms with E-state index in [1.807, 2.05) is 25.4 Å². The van der Waals surface area contributed by atoms with Crippen molar-refractivity contribution in [1.82, 2.24) is 10.2 Å². The number of likely N-dealkylation sites (N-methyl/N-ethyl adjacent to an activating group) is 1. The highest BCUT2D eigenvalue weighted by Crippen LogP contribution is 2.28. The molecule has 1 unspecified atom stereocenters. The van der Waals surface area contributed by atoms with Crippen LogP contribution in [0, 0.1) is 0 Å². The lowest BCUT2D eigenvalue weighted by Crippen LogP contribution is -2.53. The van der Waals surface area contributed by atoms with Crippen LogP contribution in [-0.2, 0) is 4.79 Å². The third-order valence-corrected chi connectivity index (χ3v) is 5.04. The summed E-state index contributed by atoms with van der Waals surface area (Å²) < 4.78 is 1.02. The van der Waals surface area contributed by atoms with Crippen molar-refractivity contribution >= 4 is 38.2 Å². The summed E-state index contributed by atoms with van der Waals surface area (Å²) in [7, 11) is 1.85. The monoisotopic (exact) mass is 331 g/mol. The van der Waals surface area contributed by atoms with E-state index < -0.39 is 0 Å². The molecular formula is C12H18BrN3OS. The minimum absolute atomic E-state index is 0.0574. The fourth-order valence-electron chi connectivity index (χ4n) is 2.09. The minimum atomic E-state index is -0.0574. The van der Waals surface area contributed by atoms with E-state index in [0.29, 0.717) is 0 Å². The van der Waals surface area contributed by atoms with Gasteiger partial charge in [0.2, 0.25) is 5.91 Å². The molecule has 0 spiro atoms. The third kappa shape index (κ3) is 3.12. The maximum Gasteiger partial charge on any atom is 0.244 e. The first-order chi connectivity index (χ1) is 8.59. The van der Waals surface area contributed by atoms with Gasteiger partial charge >= 0.3 is 0 Å². The Morgan fingerprint density at radius 2 is 2.22 bits per heavy atom. The first-order valence-electron chi connectivity index (χ1n) is 6.06. The second-order valence-corrected chi connectivity index (χ2v) is 6.27. The maximum atomic E-state index is 12.4. The van der Waals surface area contributed by atoms with Crippen LogP contribution in [0.15, 0.2) is 15.9 Å². The third-order valence-electron chi connectivity index (χ3n) is 3.27. The van der Waals surface area contributed by atoms with Crippen LogP contribution in [0.25, 0.3) is 0 Å². The SMILES string of the molecule is CC(C(=O)N(C)c1cc(Br)cs1)N1CCNCC1. The molecule has 1 aliphatic heterocycles. The van der Waals surface area contributed by atoms with Crippen LogP contribution >= 0.6 is 27.3 Å². The number of nitrogens with one attached hydrogen (secondary N) is 1. The van der Waals surface area contributed by atoms with Gasteiger partial charge in [0, 0.05) is 43.1 Å². The summed E-state index contributed by atoms with van der Waals surface area (Å²) in [5.41, 5.74) is 0. The molecule has 18 heavy (non-hydrogen) atoms. The Morgan fingerprint density at radius 1 is 1.56 bits per heavy atom. The average Bonchev–Trinajstić information content (AvgIpc) is 2.84. The molecule has 2 heterocycles. The standard InChI is InChI=1S/C12H18BrN3OS/c1-9(16-5-3-14-4-6-16)12(17)15(2)11-7-10(13)8-18-11/h7-9,14H,3-6H2,1-2H3. The molecule has 0 saturated carbocycles. The van der Waals surface area contributed by atoms with Gasteiger partial charge in [-0.25, -0.2) is 0 Å². The van der Waals surface area contributed by atoms with Crippen LogP contribution in [0.5, 0.6) is 0 Å². The van der Waals surface area contributed by atoms with Crippen LogP contribution in [0.1, 0.15) is 6.92 Å². The second-order valence-electron chi connectivity index (χ2n) is 4.46. The predicted molar refractivity (Wildman–Crippen MR) is 79.3 cm³/mol. The van der Waals surface area contributed by atoms with Gasteiger partial charge in [-0.2, -0.15) is 0 Å². The number of rotatable bonds is 3. The summed E-state index contributed by atoms with van der Waals surface area (Å²) in [6.07, 6.45) is 0. The smallest absolute Gasteiger partial charge is 0.244 e. The highest BCUT2D eigenvalue weighted by atomic mass is 79.9. The van der Waals surface area contributed by atoms with Crippen molar-refractivity contribution in [3.8, 4) is 0 Å².